The predicted octanol–water partition coefficient (Wildman–Crippen LogP) is 1.31. The van der Waals surface area contributed by atoms with Gasteiger partial charge in [-0.25, -0.2) is 4.98 Å². The molecule has 0 radical (unpaired) electrons. The van der Waals surface area contributed by atoms with E-state index in [1.165, 1.54) is 0 Å². The summed E-state index contributed by atoms with van der Waals surface area (Å²) in [6.45, 7) is 3.74. The summed E-state index contributed by atoms with van der Waals surface area (Å²) >= 11 is 1.68. The van der Waals surface area contributed by atoms with Crippen LogP contribution >= 0.6 is 11.3 Å². The van der Waals surface area contributed by atoms with Crippen LogP contribution in [-0.4, -0.2) is 27.7 Å². The number of nitrogens with zero attached hydrogens (tertiary/aromatic N) is 1. The van der Waals surface area contributed by atoms with E-state index in [0.29, 0.717) is 0 Å². The number of hydrogen-bond acceptors (Lipinski definition) is 4. The highest BCUT2D eigenvalue weighted by atomic mass is 32.2. The quantitative estimate of drug-likeness (QED) is 0.752. The molecule has 0 spiro atoms. The summed E-state index contributed by atoms with van der Waals surface area (Å²) in [6, 6.07) is 0. The highest BCUT2D eigenvalue weighted by molar-refractivity contribution is 7.84. The number of hydrogen-bond donors (Lipinski definition) is 1. The summed E-state index contributed by atoms with van der Waals surface area (Å²) < 4.78 is 10.8. The van der Waals surface area contributed by atoms with Gasteiger partial charge in [0.1, 0.15) is 5.01 Å². The average Bonchev–Trinajstić information content (AvgIpc) is 2.50. The lowest BCUT2D eigenvalue weighted by Crippen LogP contribution is -2.16. The van der Waals surface area contributed by atoms with Gasteiger partial charge in [0.15, 0.2) is 0 Å². The zero-order chi connectivity index (χ0) is 10.4. The molecule has 14 heavy (non-hydrogen) atoms. The molecule has 0 saturated heterocycles. The molecule has 1 aromatic heterocycles. The van der Waals surface area contributed by atoms with Crippen molar-refractivity contribution < 1.29 is 4.21 Å². The van der Waals surface area contributed by atoms with E-state index in [-0.39, 0.29) is 0 Å². The van der Waals surface area contributed by atoms with Gasteiger partial charge in [-0.15, -0.1) is 11.3 Å². The molecule has 1 rings (SSSR count). The van der Waals surface area contributed by atoms with E-state index in [2.05, 4.69) is 15.7 Å². The Hall–Kier alpha value is -0.260. The normalized spacial score (nSPS) is 13.0. The Morgan fingerprint density at radius 2 is 2.43 bits per heavy atom. The molecule has 0 aromatic carbocycles. The molecule has 0 bridgehead atoms. The van der Waals surface area contributed by atoms with Crippen LogP contribution in [0.15, 0.2) is 5.38 Å². The van der Waals surface area contributed by atoms with Crippen molar-refractivity contribution >= 4 is 22.1 Å². The Morgan fingerprint density at radius 1 is 1.64 bits per heavy atom. The summed E-state index contributed by atoms with van der Waals surface area (Å²) in [5.41, 5.74) is 1.08. The summed E-state index contributed by atoms with van der Waals surface area (Å²) in [5.74, 6) is 0.782. The van der Waals surface area contributed by atoms with Gasteiger partial charge < -0.3 is 5.32 Å². The standard InChI is InChI=1S/C9H16N2OS2/c1-8-7-13-9(11-8)6-10-4-3-5-14(2)12/h7,10H,3-6H2,1-2H3. The summed E-state index contributed by atoms with van der Waals surface area (Å²) in [5, 5.41) is 6.46. The van der Waals surface area contributed by atoms with Crippen LogP contribution in [0.2, 0.25) is 0 Å². The zero-order valence-electron chi connectivity index (χ0n) is 8.58. The van der Waals surface area contributed by atoms with E-state index in [0.717, 1.165) is 36.0 Å². The van der Waals surface area contributed by atoms with Crippen molar-refractivity contribution in [2.75, 3.05) is 18.6 Å². The Bertz CT molecular complexity index is 299. The second kappa shape index (κ2) is 6.27. The van der Waals surface area contributed by atoms with E-state index in [9.17, 15) is 4.21 Å². The van der Waals surface area contributed by atoms with Gasteiger partial charge in [-0.2, -0.15) is 0 Å². The number of aryl methyl sites for hydroxylation is 1. The molecule has 1 atom stereocenters. The number of rotatable bonds is 6. The van der Waals surface area contributed by atoms with E-state index < -0.39 is 10.8 Å². The monoisotopic (exact) mass is 232 g/mol. The summed E-state index contributed by atoms with van der Waals surface area (Å²) in [7, 11) is -0.662. The number of aromatic nitrogens is 1. The van der Waals surface area contributed by atoms with Crippen LogP contribution in [0.25, 0.3) is 0 Å². The van der Waals surface area contributed by atoms with Crippen molar-refractivity contribution in [1.29, 1.82) is 0 Å². The second-order valence-corrected chi connectivity index (χ2v) is 5.69. The SMILES string of the molecule is Cc1csc(CNCCCS(C)=O)n1. The first-order valence-electron chi connectivity index (χ1n) is 4.60. The molecule has 0 saturated carbocycles. The van der Waals surface area contributed by atoms with Gasteiger partial charge in [0.25, 0.3) is 0 Å². The number of thiazole rings is 1. The molecular weight excluding hydrogens is 216 g/mol. The molecule has 0 fully saturated rings. The first-order chi connectivity index (χ1) is 6.68. The molecule has 0 aliphatic carbocycles. The average molecular weight is 232 g/mol. The van der Waals surface area contributed by atoms with Gasteiger partial charge in [-0.1, -0.05) is 0 Å². The van der Waals surface area contributed by atoms with Gasteiger partial charge in [-0.3, -0.25) is 4.21 Å². The molecule has 1 heterocycles. The van der Waals surface area contributed by atoms with Gasteiger partial charge >= 0.3 is 0 Å². The van der Waals surface area contributed by atoms with Gasteiger partial charge in [0, 0.05) is 40.4 Å². The van der Waals surface area contributed by atoms with Crippen LogP contribution < -0.4 is 5.32 Å². The molecule has 0 aliphatic heterocycles. The minimum Gasteiger partial charge on any atom is -0.310 e. The van der Waals surface area contributed by atoms with Crippen LogP contribution in [0.1, 0.15) is 17.1 Å². The lowest BCUT2D eigenvalue weighted by Gasteiger charge is -2.00. The van der Waals surface area contributed by atoms with Crippen molar-refractivity contribution in [1.82, 2.24) is 10.3 Å². The largest absolute Gasteiger partial charge is 0.310 e. The highest BCUT2D eigenvalue weighted by Crippen LogP contribution is 2.07. The molecule has 0 amide bonds. The molecule has 1 aromatic rings. The molecule has 5 heteroatoms. The molecule has 80 valence electrons. The molecule has 0 aliphatic rings. The van der Waals surface area contributed by atoms with Crippen molar-refractivity contribution in [3.63, 3.8) is 0 Å². The third-order valence-corrected chi connectivity index (χ3v) is 3.56. The van der Waals surface area contributed by atoms with Crippen LogP contribution in [-0.2, 0) is 17.3 Å². The molecule has 1 N–H and O–H groups in total. The first-order valence-corrected chi connectivity index (χ1v) is 7.21. The van der Waals surface area contributed by atoms with Crippen molar-refractivity contribution in [3.05, 3.63) is 16.1 Å². The molecule has 1 unspecified atom stereocenters. The lowest BCUT2D eigenvalue weighted by atomic mass is 10.5. The Balaban J connectivity index is 2.07. The maximum atomic E-state index is 10.8. The summed E-state index contributed by atoms with van der Waals surface area (Å²) in [6.07, 6.45) is 2.71. The first kappa shape index (κ1) is 11.8. The van der Waals surface area contributed by atoms with E-state index in [4.69, 9.17) is 0 Å². The third-order valence-electron chi connectivity index (χ3n) is 1.73. The minimum absolute atomic E-state index is 0.662. The minimum atomic E-state index is -0.662. The van der Waals surface area contributed by atoms with Crippen LogP contribution in [0.5, 0.6) is 0 Å². The van der Waals surface area contributed by atoms with Crippen LogP contribution in [0.3, 0.4) is 0 Å². The fourth-order valence-electron chi connectivity index (χ4n) is 1.08. The van der Waals surface area contributed by atoms with E-state index in [1.54, 1.807) is 17.6 Å². The van der Waals surface area contributed by atoms with E-state index in [1.807, 2.05) is 6.92 Å². The number of nitrogens with one attached hydrogen (secondary N) is 1. The summed E-state index contributed by atoms with van der Waals surface area (Å²) in [4.78, 5) is 4.34. The van der Waals surface area contributed by atoms with Gasteiger partial charge in [0.05, 0.1) is 0 Å². The third kappa shape index (κ3) is 4.83. The fourth-order valence-corrected chi connectivity index (χ4v) is 2.37. The zero-order valence-corrected chi connectivity index (χ0v) is 10.2. The van der Waals surface area contributed by atoms with Crippen molar-refractivity contribution in [2.24, 2.45) is 0 Å². The smallest absolute Gasteiger partial charge is 0.107 e. The van der Waals surface area contributed by atoms with Crippen LogP contribution in [0.4, 0.5) is 0 Å². The Labute approximate surface area is 91.4 Å². The predicted molar refractivity (Wildman–Crippen MR) is 62.1 cm³/mol. The highest BCUT2D eigenvalue weighted by Gasteiger charge is 1.97. The molecule has 3 nitrogen and oxygen atoms in total. The fraction of sp³-hybridized carbons (Fsp3) is 0.667. The Kier molecular flexibility index (Phi) is 5.29. The van der Waals surface area contributed by atoms with Crippen LogP contribution in [0, 0.1) is 6.92 Å². The Morgan fingerprint density at radius 3 is 3.00 bits per heavy atom. The van der Waals surface area contributed by atoms with Gasteiger partial charge in [-0.05, 0) is 19.9 Å². The maximum Gasteiger partial charge on any atom is 0.107 e. The van der Waals surface area contributed by atoms with Crippen molar-refractivity contribution in [2.45, 2.75) is 19.9 Å². The lowest BCUT2D eigenvalue weighted by molar-refractivity contribution is 0.660. The molecular formula is C9H16N2OS2. The maximum absolute atomic E-state index is 10.8. The van der Waals surface area contributed by atoms with Gasteiger partial charge in [0.2, 0.25) is 0 Å². The van der Waals surface area contributed by atoms with E-state index >= 15 is 0 Å². The topological polar surface area (TPSA) is 42.0 Å². The van der Waals surface area contributed by atoms with Crippen molar-refractivity contribution in [3.8, 4) is 0 Å². The second-order valence-electron chi connectivity index (χ2n) is 3.19.